The molecule has 0 radical (unpaired) electrons. The Morgan fingerprint density at radius 1 is 1.13 bits per heavy atom. The molecule has 170 valence electrons. The second-order valence-corrected chi connectivity index (χ2v) is 8.76. The number of alkyl halides is 3. The van der Waals surface area contributed by atoms with Gasteiger partial charge in [-0.25, -0.2) is 8.42 Å². The third kappa shape index (κ3) is 8.31. The van der Waals surface area contributed by atoms with Crippen molar-refractivity contribution in [1.82, 2.24) is 10.0 Å². The average Bonchev–Trinajstić information content (AvgIpc) is 2.67. The number of hydrogen-bond donors (Lipinski definition) is 2. The Hall–Kier alpha value is -2.14. The van der Waals surface area contributed by atoms with Crippen LogP contribution in [0.25, 0.3) is 0 Å². The lowest BCUT2D eigenvalue weighted by Gasteiger charge is -2.22. The molecule has 30 heavy (non-hydrogen) atoms. The Morgan fingerprint density at radius 2 is 1.80 bits per heavy atom. The standard InChI is InChI=1S/C19H27F3N2O5S/c1-13(2)17(18(26)23-11-6-4-5-10-16(25)29-3)24-30(27,28)15-9-7-8-14(12-15)19(20,21)22/h7-9,12-13,17,24H,4-6,10-11H2,1-3H3,(H,23,26). The van der Waals surface area contributed by atoms with E-state index in [0.717, 1.165) is 18.2 Å². The van der Waals surface area contributed by atoms with Crippen molar-refractivity contribution in [2.75, 3.05) is 13.7 Å². The number of amides is 1. The quantitative estimate of drug-likeness (QED) is 0.397. The van der Waals surface area contributed by atoms with E-state index in [4.69, 9.17) is 0 Å². The third-order valence-electron chi connectivity index (χ3n) is 4.29. The lowest BCUT2D eigenvalue weighted by Crippen LogP contribution is -2.49. The van der Waals surface area contributed by atoms with Crippen molar-refractivity contribution < 1.29 is 35.9 Å². The van der Waals surface area contributed by atoms with Crippen LogP contribution in [0.4, 0.5) is 13.2 Å². The van der Waals surface area contributed by atoms with Gasteiger partial charge in [-0.2, -0.15) is 17.9 Å². The van der Waals surface area contributed by atoms with E-state index in [1.54, 1.807) is 13.8 Å². The van der Waals surface area contributed by atoms with E-state index in [2.05, 4.69) is 14.8 Å². The Kier molecular flexibility index (Phi) is 9.76. The highest BCUT2D eigenvalue weighted by molar-refractivity contribution is 7.89. The number of rotatable bonds is 11. The maximum absolute atomic E-state index is 12.9. The number of carbonyl (C=O) groups excluding carboxylic acids is 2. The first-order valence-corrected chi connectivity index (χ1v) is 10.9. The Balaban J connectivity index is 2.72. The molecule has 0 aromatic heterocycles. The third-order valence-corrected chi connectivity index (χ3v) is 5.73. The first-order chi connectivity index (χ1) is 13.9. The molecule has 0 saturated carbocycles. The van der Waals surface area contributed by atoms with Gasteiger partial charge in [-0.1, -0.05) is 26.3 Å². The largest absolute Gasteiger partial charge is 0.469 e. The van der Waals surface area contributed by atoms with E-state index in [1.807, 2.05) is 0 Å². The molecule has 0 aliphatic heterocycles. The number of hydrogen-bond acceptors (Lipinski definition) is 5. The Labute approximate surface area is 174 Å². The minimum atomic E-state index is -4.69. The number of carbonyl (C=O) groups is 2. The molecule has 0 heterocycles. The van der Waals surface area contributed by atoms with Crippen molar-refractivity contribution >= 4 is 21.9 Å². The first-order valence-electron chi connectivity index (χ1n) is 9.42. The molecule has 0 spiro atoms. The molecule has 1 atom stereocenters. The van der Waals surface area contributed by atoms with Crippen molar-refractivity contribution in [1.29, 1.82) is 0 Å². The van der Waals surface area contributed by atoms with E-state index in [1.165, 1.54) is 7.11 Å². The Bertz CT molecular complexity index is 826. The molecule has 11 heteroatoms. The molecule has 1 aromatic rings. The number of nitrogens with one attached hydrogen (secondary N) is 2. The fourth-order valence-corrected chi connectivity index (χ4v) is 3.95. The minimum absolute atomic E-state index is 0.272. The highest BCUT2D eigenvalue weighted by atomic mass is 32.2. The SMILES string of the molecule is COC(=O)CCCCCNC(=O)C(NS(=O)(=O)c1cccc(C(F)(F)F)c1)C(C)C. The highest BCUT2D eigenvalue weighted by Crippen LogP contribution is 2.30. The summed E-state index contributed by atoms with van der Waals surface area (Å²) >= 11 is 0. The lowest BCUT2D eigenvalue weighted by molar-refractivity contribution is -0.141. The van der Waals surface area contributed by atoms with Crippen LogP contribution < -0.4 is 10.0 Å². The molecule has 1 aromatic carbocycles. The summed E-state index contributed by atoms with van der Waals surface area (Å²) in [6.07, 6.45) is -2.58. The first kappa shape index (κ1) is 25.9. The van der Waals surface area contributed by atoms with Crippen molar-refractivity contribution in [3.8, 4) is 0 Å². The van der Waals surface area contributed by atoms with Crippen molar-refractivity contribution in [3.63, 3.8) is 0 Å². The smallest absolute Gasteiger partial charge is 0.416 e. The number of sulfonamides is 1. The van der Waals surface area contributed by atoms with E-state index in [9.17, 15) is 31.2 Å². The second kappa shape index (κ2) is 11.3. The summed E-state index contributed by atoms with van der Waals surface area (Å²) in [5, 5.41) is 2.61. The van der Waals surface area contributed by atoms with Gasteiger partial charge in [0.15, 0.2) is 0 Å². The van der Waals surface area contributed by atoms with Gasteiger partial charge in [0.05, 0.1) is 17.6 Å². The van der Waals surface area contributed by atoms with Gasteiger partial charge in [-0.15, -0.1) is 0 Å². The Morgan fingerprint density at radius 3 is 2.37 bits per heavy atom. The number of methoxy groups -OCH3 is 1. The number of ether oxygens (including phenoxy) is 1. The van der Waals surface area contributed by atoms with Crippen LogP contribution in [-0.4, -0.2) is 40.0 Å². The molecule has 0 aliphatic rings. The maximum Gasteiger partial charge on any atom is 0.416 e. The summed E-state index contributed by atoms with van der Waals surface area (Å²) in [5.41, 5.74) is -1.09. The average molecular weight is 452 g/mol. The molecule has 0 saturated heterocycles. The van der Waals surface area contributed by atoms with Gasteiger partial charge in [0.1, 0.15) is 6.04 Å². The predicted octanol–water partition coefficient (Wildman–Crippen LogP) is 2.86. The summed E-state index contributed by atoms with van der Waals surface area (Å²) in [6.45, 7) is 3.51. The zero-order chi connectivity index (χ0) is 22.9. The summed E-state index contributed by atoms with van der Waals surface area (Å²) in [5.74, 6) is -1.33. The number of benzene rings is 1. The van der Waals surface area contributed by atoms with Gasteiger partial charge in [-0.05, 0) is 37.0 Å². The van der Waals surface area contributed by atoms with E-state index in [-0.39, 0.29) is 18.9 Å². The number of halogens is 3. The van der Waals surface area contributed by atoms with Crippen molar-refractivity contribution in [2.45, 2.75) is 56.6 Å². The van der Waals surface area contributed by atoms with Crippen LogP contribution in [0.3, 0.4) is 0 Å². The molecule has 7 nitrogen and oxygen atoms in total. The number of unbranched alkanes of at least 4 members (excludes halogenated alkanes) is 2. The molecule has 1 unspecified atom stereocenters. The molecule has 0 aliphatic carbocycles. The normalized spacial score (nSPS) is 13.2. The molecular weight excluding hydrogens is 425 g/mol. The molecule has 2 N–H and O–H groups in total. The van der Waals surface area contributed by atoms with Gasteiger partial charge < -0.3 is 10.1 Å². The monoisotopic (exact) mass is 452 g/mol. The van der Waals surface area contributed by atoms with Crippen LogP contribution in [0, 0.1) is 5.92 Å². The molecule has 0 fully saturated rings. The van der Waals surface area contributed by atoms with E-state index >= 15 is 0 Å². The van der Waals surface area contributed by atoms with Gasteiger partial charge >= 0.3 is 12.1 Å². The van der Waals surface area contributed by atoms with Crippen LogP contribution in [-0.2, 0) is 30.5 Å². The van der Waals surface area contributed by atoms with Gasteiger partial charge in [0.25, 0.3) is 0 Å². The maximum atomic E-state index is 12.9. The fraction of sp³-hybridized carbons (Fsp3) is 0.579. The molecule has 0 bridgehead atoms. The second-order valence-electron chi connectivity index (χ2n) is 7.05. The highest BCUT2D eigenvalue weighted by Gasteiger charge is 2.33. The van der Waals surface area contributed by atoms with Crippen LogP contribution in [0.2, 0.25) is 0 Å². The van der Waals surface area contributed by atoms with Gasteiger partial charge in [-0.3, -0.25) is 9.59 Å². The van der Waals surface area contributed by atoms with Crippen molar-refractivity contribution in [3.05, 3.63) is 29.8 Å². The summed E-state index contributed by atoms with van der Waals surface area (Å²) in [4.78, 5) is 22.9. The molecular formula is C19H27F3N2O5S. The fourth-order valence-electron chi connectivity index (χ4n) is 2.56. The minimum Gasteiger partial charge on any atom is -0.469 e. The molecule has 1 rings (SSSR count). The molecule has 1 amide bonds. The van der Waals surface area contributed by atoms with Crippen LogP contribution in [0.15, 0.2) is 29.2 Å². The topological polar surface area (TPSA) is 102 Å². The summed E-state index contributed by atoms with van der Waals surface area (Å²) < 4.78 is 70.4. The zero-order valence-corrected chi connectivity index (χ0v) is 17.9. The number of esters is 1. The van der Waals surface area contributed by atoms with Crippen molar-refractivity contribution in [2.24, 2.45) is 5.92 Å². The summed E-state index contributed by atoms with van der Waals surface area (Å²) in [7, 11) is -3.05. The predicted molar refractivity (Wildman–Crippen MR) is 104 cm³/mol. The lowest BCUT2D eigenvalue weighted by atomic mass is 10.0. The van der Waals surface area contributed by atoms with Crippen LogP contribution in [0.1, 0.15) is 45.1 Å². The van der Waals surface area contributed by atoms with Crippen LogP contribution in [0.5, 0.6) is 0 Å². The van der Waals surface area contributed by atoms with Crippen LogP contribution >= 0.6 is 0 Å². The van der Waals surface area contributed by atoms with Gasteiger partial charge in [0.2, 0.25) is 15.9 Å². The van der Waals surface area contributed by atoms with E-state index < -0.39 is 44.5 Å². The summed E-state index contributed by atoms with van der Waals surface area (Å²) in [6, 6.07) is 2.18. The zero-order valence-electron chi connectivity index (χ0n) is 17.1. The van der Waals surface area contributed by atoms with Gasteiger partial charge in [0, 0.05) is 13.0 Å². The van der Waals surface area contributed by atoms with E-state index in [0.29, 0.717) is 25.3 Å².